The maximum atomic E-state index is 17.0. The van der Waals surface area contributed by atoms with Crippen molar-refractivity contribution < 1.29 is 102 Å². The van der Waals surface area contributed by atoms with Gasteiger partial charge in [0.2, 0.25) is 0 Å². The molecule has 0 saturated heterocycles. The molecule has 0 aromatic rings. The third-order valence-corrected chi connectivity index (χ3v) is 9.45. The van der Waals surface area contributed by atoms with Gasteiger partial charge in [-0.3, -0.25) is 9.59 Å². The van der Waals surface area contributed by atoms with Gasteiger partial charge in [-0.25, -0.2) is 4.39 Å². The van der Waals surface area contributed by atoms with Crippen LogP contribution in [0.1, 0.15) is 46.5 Å². The van der Waals surface area contributed by atoms with Crippen molar-refractivity contribution in [2.75, 3.05) is 6.61 Å². The van der Waals surface area contributed by atoms with Gasteiger partial charge in [0, 0.05) is 16.7 Å². The number of phosphoric ester groups is 1. The van der Waals surface area contributed by atoms with E-state index < -0.39 is 66.2 Å². The van der Waals surface area contributed by atoms with Gasteiger partial charge in [0.25, 0.3) is 0 Å². The van der Waals surface area contributed by atoms with Crippen molar-refractivity contribution in [2.45, 2.75) is 63.8 Å². The Labute approximate surface area is 242 Å². The number of rotatable bonds is 4. The summed E-state index contributed by atoms with van der Waals surface area (Å²) < 4.78 is 32.0. The van der Waals surface area contributed by atoms with Gasteiger partial charge in [0.15, 0.2) is 17.2 Å². The summed E-state index contributed by atoms with van der Waals surface area (Å²) >= 11 is 0. The number of aliphatic hydroxyl groups is 2. The molecule has 34 heavy (non-hydrogen) atoms. The molecule has 3 saturated carbocycles. The van der Waals surface area contributed by atoms with E-state index >= 15 is 4.39 Å². The van der Waals surface area contributed by atoms with Gasteiger partial charge in [0.1, 0.15) is 12.2 Å². The molecule has 4 aliphatic rings. The molecule has 8 atom stereocenters. The van der Waals surface area contributed by atoms with Crippen LogP contribution in [0.4, 0.5) is 4.39 Å². The number of phosphoric acid groups is 1. The van der Waals surface area contributed by atoms with Gasteiger partial charge >= 0.3 is 59.1 Å². The maximum absolute atomic E-state index is 17.0. The van der Waals surface area contributed by atoms with Crippen molar-refractivity contribution in [1.82, 2.24) is 0 Å². The number of aliphatic hydroxyl groups excluding tert-OH is 1. The largest absolute Gasteiger partial charge is 1.00 e. The molecule has 178 valence electrons. The number of carbonyl (C=O) groups excluding carboxylic acids is 2. The summed E-state index contributed by atoms with van der Waals surface area (Å²) in [5.74, 6) is -3.06. The third-order valence-electron chi connectivity index (χ3n) is 9.00. The van der Waals surface area contributed by atoms with Crippen molar-refractivity contribution in [3.8, 4) is 0 Å². The van der Waals surface area contributed by atoms with Crippen LogP contribution in [0.25, 0.3) is 0 Å². The summed E-state index contributed by atoms with van der Waals surface area (Å²) in [6, 6.07) is 0. The summed E-state index contributed by atoms with van der Waals surface area (Å²) in [4.78, 5) is 46.6. The van der Waals surface area contributed by atoms with E-state index in [0.29, 0.717) is 18.4 Å². The zero-order chi connectivity index (χ0) is 23.9. The van der Waals surface area contributed by atoms with E-state index in [0.717, 1.165) is 0 Å². The van der Waals surface area contributed by atoms with E-state index in [1.54, 1.807) is 20.8 Å². The molecule has 0 spiro atoms. The molecular weight excluding hydrogens is 488 g/mol. The first-order chi connectivity index (χ1) is 14.6. The molecule has 4 aliphatic carbocycles. The Bertz CT molecular complexity index is 984. The second-order valence-corrected chi connectivity index (χ2v) is 11.5. The number of fused-ring (bicyclic) bond motifs is 5. The molecule has 3 fully saturated rings. The number of Topliss-reactive ketones (excluding diaryl/α,β-unsaturated/α-hetero) is 1. The van der Waals surface area contributed by atoms with Crippen molar-refractivity contribution in [3.05, 3.63) is 23.8 Å². The fourth-order valence-corrected chi connectivity index (χ4v) is 7.66. The maximum Gasteiger partial charge on any atom is 1.00 e. The molecule has 0 heterocycles. The zero-order valence-electron chi connectivity index (χ0n) is 20.2. The van der Waals surface area contributed by atoms with Crippen LogP contribution in [0.15, 0.2) is 23.8 Å². The standard InChI is InChI=1S/C22H30FO8P.2Na/c1-12-8-16-15-5-4-13-9-14(24)6-7-19(13,2)21(15,23)17(25)10-20(16,3)22(12,27)18(26)11-31-32(28,29)30;;/h6-7,9,12,15-17,25,27H,4-5,8,10-11H2,1-3H3,(H2,28,29,30);;/q;2*+1/p-2/t12-,15?,16?,17+,19+,20+,21+,22+;;/m1../s1. The fourth-order valence-electron chi connectivity index (χ4n) is 7.39. The second kappa shape index (κ2) is 9.83. The number of hydrogen-bond acceptors (Lipinski definition) is 8. The molecule has 4 rings (SSSR count). The minimum absolute atomic E-state index is 0. The average molecular weight is 516 g/mol. The number of allylic oxidation sites excluding steroid dienone is 4. The number of halogens is 1. The Morgan fingerprint density at radius 1 is 1.29 bits per heavy atom. The molecule has 0 radical (unpaired) electrons. The Morgan fingerprint density at radius 3 is 2.50 bits per heavy atom. The van der Waals surface area contributed by atoms with E-state index in [1.807, 2.05) is 0 Å². The normalized spacial score (nSPS) is 45.2. The first kappa shape index (κ1) is 31.0. The third kappa shape index (κ3) is 4.20. The van der Waals surface area contributed by atoms with Crippen LogP contribution in [0, 0.1) is 28.6 Å². The minimum atomic E-state index is -5.43. The van der Waals surface area contributed by atoms with Crippen LogP contribution in [0.2, 0.25) is 0 Å². The number of carbonyl (C=O) groups is 2. The molecule has 0 aliphatic heterocycles. The predicted molar refractivity (Wildman–Crippen MR) is 106 cm³/mol. The summed E-state index contributed by atoms with van der Waals surface area (Å²) in [7, 11) is -5.43. The number of hydrogen-bond donors (Lipinski definition) is 2. The molecule has 0 amide bonds. The van der Waals surface area contributed by atoms with Crippen LogP contribution in [0.3, 0.4) is 0 Å². The van der Waals surface area contributed by atoms with Crippen LogP contribution in [-0.2, 0) is 18.7 Å². The fraction of sp³-hybridized carbons (Fsp3) is 0.727. The van der Waals surface area contributed by atoms with Gasteiger partial charge < -0.3 is 29.1 Å². The zero-order valence-corrected chi connectivity index (χ0v) is 25.1. The van der Waals surface area contributed by atoms with Gasteiger partial charge in [-0.05, 0) is 56.6 Å². The van der Waals surface area contributed by atoms with E-state index in [9.17, 15) is 34.2 Å². The Morgan fingerprint density at radius 2 is 1.91 bits per heavy atom. The molecule has 0 bridgehead atoms. The number of ketones is 2. The van der Waals surface area contributed by atoms with Gasteiger partial charge in [-0.2, -0.15) is 0 Å². The van der Waals surface area contributed by atoms with E-state index in [-0.39, 0.29) is 77.7 Å². The van der Waals surface area contributed by atoms with Crippen LogP contribution in [-0.4, -0.2) is 45.8 Å². The summed E-state index contributed by atoms with van der Waals surface area (Å²) in [6.07, 6.45) is 3.54. The Hall–Kier alpha value is 0.780. The van der Waals surface area contributed by atoms with Gasteiger partial charge in [0.05, 0.1) is 13.9 Å². The van der Waals surface area contributed by atoms with Crippen molar-refractivity contribution in [2.24, 2.45) is 28.6 Å². The smallest absolute Gasteiger partial charge is 0.790 e. The van der Waals surface area contributed by atoms with Crippen molar-refractivity contribution in [1.29, 1.82) is 0 Å². The molecular formula is C22H28FNa2O8P. The minimum Gasteiger partial charge on any atom is -0.790 e. The average Bonchev–Trinajstić information content (AvgIpc) is 2.89. The Kier molecular flexibility index (Phi) is 8.96. The summed E-state index contributed by atoms with van der Waals surface area (Å²) in [6.45, 7) is 3.80. The SMILES string of the molecule is C[C@@H]1CC2C3CCC4=CC(=O)C=C[C@]4(C)[C@@]3(F)[C@@H](O)C[C@]2(C)[C@@]1(O)C(=O)COP(=O)([O-])[O-].[Na+].[Na+]. The van der Waals surface area contributed by atoms with Gasteiger partial charge in [-0.15, -0.1) is 0 Å². The first-order valence-corrected chi connectivity index (χ1v) is 12.3. The van der Waals surface area contributed by atoms with Crippen LogP contribution in [0.5, 0.6) is 0 Å². The summed E-state index contributed by atoms with van der Waals surface area (Å²) in [5.41, 5.74) is -6.03. The first-order valence-electron chi connectivity index (χ1n) is 10.8. The molecule has 0 aromatic carbocycles. The molecule has 0 aromatic heterocycles. The van der Waals surface area contributed by atoms with E-state index in [1.165, 1.54) is 18.2 Å². The monoisotopic (exact) mass is 516 g/mol. The predicted octanol–water partition coefficient (Wildman–Crippen LogP) is -5.24. The van der Waals surface area contributed by atoms with Crippen molar-refractivity contribution >= 4 is 19.4 Å². The number of alkyl halides is 1. The second-order valence-electron chi connectivity index (χ2n) is 10.3. The quantitative estimate of drug-likeness (QED) is 0.279. The van der Waals surface area contributed by atoms with E-state index in [2.05, 4.69) is 4.52 Å². The van der Waals surface area contributed by atoms with Crippen LogP contribution < -0.4 is 68.9 Å². The van der Waals surface area contributed by atoms with Crippen LogP contribution >= 0.6 is 7.82 Å². The van der Waals surface area contributed by atoms with Crippen molar-refractivity contribution in [3.63, 3.8) is 0 Å². The molecule has 2 unspecified atom stereocenters. The van der Waals surface area contributed by atoms with E-state index in [4.69, 9.17) is 0 Å². The topological polar surface area (TPSA) is 147 Å². The molecule has 12 heteroatoms. The Balaban J connectivity index is 0.00000204. The summed E-state index contributed by atoms with van der Waals surface area (Å²) in [5, 5.41) is 22.8. The van der Waals surface area contributed by atoms with Gasteiger partial charge in [-0.1, -0.05) is 25.5 Å². The molecule has 2 N–H and O–H groups in total. The molecule has 8 nitrogen and oxygen atoms in total.